The van der Waals surface area contributed by atoms with Gasteiger partial charge in [-0.3, -0.25) is 4.79 Å². The molecule has 0 heterocycles. The number of aliphatic hydroxyl groups is 1. The molecule has 2 aromatic carbocycles. The van der Waals surface area contributed by atoms with Gasteiger partial charge in [0.05, 0.1) is 10.6 Å². The summed E-state index contributed by atoms with van der Waals surface area (Å²) in [5, 5.41) is 11.1. The number of ether oxygens (including phenoxy) is 1. The number of benzene rings is 2. The molecule has 0 spiro atoms. The van der Waals surface area contributed by atoms with E-state index in [-0.39, 0.29) is 22.0 Å². The molecule has 0 aliphatic rings. The maximum Gasteiger partial charge on any atom is 0.426 e. The summed E-state index contributed by atoms with van der Waals surface area (Å²) in [6.07, 6.45) is -5.15. The second kappa shape index (κ2) is 7.35. The van der Waals surface area contributed by atoms with Crippen molar-refractivity contribution in [2.24, 2.45) is 0 Å². The van der Waals surface area contributed by atoms with Crippen LogP contribution in [0.3, 0.4) is 0 Å². The summed E-state index contributed by atoms with van der Waals surface area (Å²) in [5.41, 5.74) is -3.75. The smallest absolute Gasteiger partial charge is 0.423 e. The van der Waals surface area contributed by atoms with Crippen LogP contribution < -0.4 is 10.1 Å². The van der Waals surface area contributed by atoms with Gasteiger partial charge in [-0.2, -0.15) is 13.2 Å². The van der Waals surface area contributed by atoms with E-state index in [4.69, 9.17) is 16.3 Å². The Labute approximate surface area is 151 Å². The molecule has 2 N–H and O–H groups in total. The van der Waals surface area contributed by atoms with Gasteiger partial charge < -0.3 is 15.2 Å². The first-order chi connectivity index (χ1) is 12.0. The predicted molar refractivity (Wildman–Crippen MR) is 88.2 cm³/mol. The number of para-hydroxylation sites is 1. The molecule has 2 aromatic rings. The molecule has 0 aromatic heterocycles. The van der Waals surface area contributed by atoms with Crippen molar-refractivity contribution in [2.45, 2.75) is 18.7 Å². The van der Waals surface area contributed by atoms with E-state index in [0.717, 1.165) is 12.1 Å². The molecule has 0 bridgehead atoms. The van der Waals surface area contributed by atoms with Crippen molar-refractivity contribution in [1.82, 2.24) is 0 Å². The number of hydrogen-bond acceptors (Lipinski definition) is 4. The van der Waals surface area contributed by atoms with Crippen LogP contribution in [0.15, 0.2) is 48.5 Å². The Morgan fingerprint density at radius 2 is 1.73 bits per heavy atom. The van der Waals surface area contributed by atoms with E-state index in [0.29, 0.717) is 6.92 Å². The number of nitrogens with one attached hydrogen (secondary N) is 1. The minimum atomic E-state index is -5.15. The number of hydrogen-bond donors (Lipinski definition) is 2. The first-order valence-corrected chi connectivity index (χ1v) is 7.57. The second-order valence-electron chi connectivity index (χ2n) is 5.42. The third-order valence-electron chi connectivity index (χ3n) is 3.39. The molecule has 1 amide bonds. The van der Waals surface area contributed by atoms with E-state index in [9.17, 15) is 27.9 Å². The number of amides is 1. The monoisotopic (exact) mass is 387 g/mol. The summed E-state index contributed by atoms with van der Waals surface area (Å²) in [7, 11) is 0. The van der Waals surface area contributed by atoms with Crippen molar-refractivity contribution < 1.29 is 32.6 Å². The Hall–Kier alpha value is -2.58. The zero-order valence-corrected chi connectivity index (χ0v) is 14.1. The molecular formula is C17H13ClF3NO4. The van der Waals surface area contributed by atoms with Gasteiger partial charge in [0.15, 0.2) is 0 Å². The predicted octanol–water partition coefficient (Wildman–Crippen LogP) is 3.81. The lowest BCUT2D eigenvalue weighted by Crippen LogP contribution is -2.52. The first kappa shape index (κ1) is 19.7. The third kappa shape index (κ3) is 4.33. The van der Waals surface area contributed by atoms with Crippen molar-refractivity contribution in [3.05, 3.63) is 59.1 Å². The van der Waals surface area contributed by atoms with E-state index in [1.807, 2.05) is 5.32 Å². The molecule has 5 nitrogen and oxygen atoms in total. The van der Waals surface area contributed by atoms with Crippen LogP contribution in [0, 0.1) is 0 Å². The molecule has 1 atom stereocenters. The zero-order valence-electron chi connectivity index (χ0n) is 13.3. The van der Waals surface area contributed by atoms with Crippen molar-refractivity contribution in [1.29, 1.82) is 0 Å². The highest BCUT2D eigenvalue weighted by atomic mass is 35.5. The van der Waals surface area contributed by atoms with Crippen LogP contribution in [0.1, 0.15) is 17.3 Å². The van der Waals surface area contributed by atoms with Crippen LogP contribution in [-0.4, -0.2) is 28.8 Å². The van der Waals surface area contributed by atoms with Gasteiger partial charge in [-0.1, -0.05) is 29.8 Å². The maximum absolute atomic E-state index is 12.6. The molecule has 2 rings (SSSR count). The number of anilines is 1. The Morgan fingerprint density at radius 3 is 2.27 bits per heavy atom. The van der Waals surface area contributed by atoms with E-state index in [2.05, 4.69) is 0 Å². The molecule has 26 heavy (non-hydrogen) atoms. The Kier molecular flexibility index (Phi) is 5.58. The molecule has 9 heteroatoms. The molecular weight excluding hydrogens is 375 g/mol. The lowest BCUT2D eigenvalue weighted by atomic mass is 10.1. The van der Waals surface area contributed by atoms with Crippen LogP contribution in [0.2, 0.25) is 5.02 Å². The van der Waals surface area contributed by atoms with E-state index >= 15 is 0 Å². The molecule has 1 unspecified atom stereocenters. The molecule has 0 aliphatic heterocycles. The largest absolute Gasteiger partial charge is 0.426 e. The maximum atomic E-state index is 12.6. The van der Waals surface area contributed by atoms with E-state index in [1.54, 1.807) is 30.3 Å². The number of alkyl halides is 3. The molecule has 0 radical (unpaired) electrons. The summed E-state index contributed by atoms with van der Waals surface area (Å²) in [6.45, 7) is 0.329. The fraction of sp³-hybridized carbons (Fsp3) is 0.176. The number of halogens is 4. The minimum Gasteiger partial charge on any atom is -0.423 e. The Bertz CT molecular complexity index is 823. The van der Waals surface area contributed by atoms with Crippen molar-refractivity contribution in [3.63, 3.8) is 0 Å². The van der Waals surface area contributed by atoms with Crippen LogP contribution in [-0.2, 0) is 4.79 Å². The fourth-order valence-corrected chi connectivity index (χ4v) is 2.05. The van der Waals surface area contributed by atoms with Crippen LogP contribution >= 0.6 is 11.6 Å². The second-order valence-corrected chi connectivity index (χ2v) is 5.83. The van der Waals surface area contributed by atoms with Gasteiger partial charge in [0.1, 0.15) is 5.75 Å². The van der Waals surface area contributed by atoms with Gasteiger partial charge in [0.25, 0.3) is 5.91 Å². The van der Waals surface area contributed by atoms with E-state index in [1.165, 1.54) is 6.07 Å². The SMILES string of the molecule is CC(O)(C(=O)Nc1ccc(C(=O)Oc2ccccc2)c(Cl)c1)C(F)(F)F. The summed E-state index contributed by atoms with van der Waals surface area (Å²) in [4.78, 5) is 23.7. The molecule has 0 saturated carbocycles. The molecule has 0 aliphatic carbocycles. The standard InChI is InChI=1S/C17H13ClF3NO4/c1-16(25,17(19,20)21)15(24)22-10-7-8-12(13(18)9-10)14(23)26-11-5-3-2-4-6-11/h2-9,25H,1H3,(H,22,24). The van der Waals surface area contributed by atoms with Gasteiger partial charge in [-0.05, 0) is 37.3 Å². The van der Waals surface area contributed by atoms with Gasteiger partial charge in [0, 0.05) is 5.69 Å². The summed E-state index contributed by atoms with van der Waals surface area (Å²) in [6, 6.07) is 11.6. The molecule has 138 valence electrons. The van der Waals surface area contributed by atoms with E-state index < -0.39 is 23.7 Å². The highest BCUT2D eigenvalue weighted by Gasteiger charge is 2.55. The summed E-state index contributed by atoms with van der Waals surface area (Å²) >= 11 is 5.94. The van der Waals surface area contributed by atoms with Crippen LogP contribution in [0.4, 0.5) is 18.9 Å². The van der Waals surface area contributed by atoms with Gasteiger partial charge in [-0.15, -0.1) is 0 Å². The first-order valence-electron chi connectivity index (χ1n) is 7.19. The Morgan fingerprint density at radius 1 is 1.12 bits per heavy atom. The fourth-order valence-electron chi connectivity index (χ4n) is 1.79. The van der Waals surface area contributed by atoms with Gasteiger partial charge in [0.2, 0.25) is 5.60 Å². The number of carbonyl (C=O) groups is 2. The number of carbonyl (C=O) groups excluding carboxylic acids is 2. The number of esters is 1. The van der Waals surface area contributed by atoms with Crippen molar-refractivity contribution in [3.8, 4) is 5.75 Å². The summed E-state index contributed by atoms with van der Waals surface area (Å²) in [5.74, 6) is -2.17. The molecule has 0 fully saturated rings. The van der Waals surface area contributed by atoms with Gasteiger partial charge in [-0.25, -0.2) is 4.79 Å². The topological polar surface area (TPSA) is 75.6 Å². The highest BCUT2D eigenvalue weighted by molar-refractivity contribution is 6.34. The minimum absolute atomic E-state index is 0.0453. The lowest BCUT2D eigenvalue weighted by Gasteiger charge is -2.24. The average Bonchev–Trinajstić information content (AvgIpc) is 2.54. The molecule has 0 saturated heterocycles. The zero-order chi connectivity index (χ0) is 19.5. The van der Waals surface area contributed by atoms with Gasteiger partial charge >= 0.3 is 12.1 Å². The highest BCUT2D eigenvalue weighted by Crippen LogP contribution is 2.31. The number of rotatable bonds is 4. The van der Waals surface area contributed by atoms with Crippen molar-refractivity contribution >= 4 is 29.2 Å². The third-order valence-corrected chi connectivity index (χ3v) is 3.71. The van der Waals surface area contributed by atoms with Crippen LogP contribution in [0.5, 0.6) is 5.75 Å². The normalized spacial score (nSPS) is 13.6. The van der Waals surface area contributed by atoms with Crippen molar-refractivity contribution in [2.75, 3.05) is 5.32 Å². The van der Waals surface area contributed by atoms with Crippen LogP contribution in [0.25, 0.3) is 0 Å². The average molecular weight is 388 g/mol. The summed E-state index contributed by atoms with van der Waals surface area (Å²) < 4.78 is 43.0. The quantitative estimate of drug-likeness (QED) is 0.618. The Balaban J connectivity index is 2.14. The lowest BCUT2D eigenvalue weighted by molar-refractivity contribution is -0.242.